The highest BCUT2D eigenvalue weighted by Gasteiger charge is 2.30. The Balaban J connectivity index is 1.94. The Hall–Kier alpha value is -0.970. The van der Waals surface area contributed by atoms with Gasteiger partial charge in [-0.05, 0) is 34.5 Å². The van der Waals surface area contributed by atoms with Gasteiger partial charge in [-0.1, -0.05) is 0 Å². The Bertz CT molecular complexity index is 665. The first kappa shape index (κ1) is 17.4. The third-order valence-electron chi connectivity index (χ3n) is 3.28. The van der Waals surface area contributed by atoms with E-state index >= 15 is 0 Å². The lowest BCUT2D eigenvalue weighted by Gasteiger charge is -2.33. The minimum atomic E-state index is -3.54. The number of carbonyl (C=O) groups excluding carboxylic acids is 2. The summed E-state index contributed by atoms with van der Waals surface area (Å²) in [5.74, 6) is -1.56. The zero-order valence-corrected chi connectivity index (χ0v) is 14.7. The van der Waals surface area contributed by atoms with E-state index in [1.54, 1.807) is 12.1 Å². The molecule has 22 heavy (non-hydrogen) atoms. The summed E-state index contributed by atoms with van der Waals surface area (Å²) in [6, 6.07) is 3.22. The van der Waals surface area contributed by atoms with Crippen molar-refractivity contribution in [3.63, 3.8) is 0 Å². The van der Waals surface area contributed by atoms with Crippen LogP contribution in [0.3, 0.4) is 0 Å². The van der Waals surface area contributed by atoms with Gasteiger partial charge in [0.1, 0.15) is 4.21 Å². The van der Waals surface area contributed by atoms with E-state index in [0.29, 0.717) is 0 Å². The van der Waals surface area contributed by atoms with Crippen LogP contribution >= 0.6 is 27.3 Å². The molecule has 0 aromatic carbocycles. The van der Waals surface area contributed by atoms with Crippen LogP contribution in [0.5, 0.6) is 0 Å². The minimum Gasteiger partial charge on any atom is -0.550 e. The SMILES string of the molecule is O=C([O-])CCC(=O)N1CCN(S(=O)(=O)c2ccc(Br)s2)CC1. The molecule has 122 valence electrons. The first-order valence-corrected chi connectivity index (χ1v) is 9.59. The average Bonchev–Trinajstić information content (AvgIpc) is 2.92. The molecule has 0 spiro atoms. The van der Waals surface area contributed by atoms with E-state index in [4.69, 9.17) is 0 Å². The number of hydrogen-bond donors (Lipinski definition) is 0. The van der Waals surface area contributed by atoms with Gasteiger partial charge >= 0.3 is 0 Å². The molecule has 1 aliphatic rings. The number of halogens is 1. The predicted octanol–water partition coefficient (Wildman–Crippen LogP) is -0.126. The molecule has 0 aliphatic carbocycles. The number of rotatable bonds is 5. The lowest BCUT2D eigenvalue weighted by atomic mass is 10.2. The molecule has 0 N–H and O–H groups in total. The zero-order valence-electron chi connectivity index (χ0n) is 11.5. The fraction of sp³-hybridized carbons (Fsp3) is 0.500. The quantitative estimate of drug-likeness (QED) is 0.674. The first-order valence-electron chi connectivity index (χ1n) is 6.54. The van der Waals surface area contributed by atoms with Gasteiger partial charge < -0.3 is 14.8 Å². The van der Waals surface area contributed by atoms with Crippen molar-refractivity contribution in [3.05, 3.63) is 15.9 Å². The van der Waals surface area contributed by atoms with Crippen molar-refractivity contribution in [2.24, 2.45) is 0 Å². The van der Waals surface area contributed by atoms with Gasteiger partial charge in [0.25, 0.3) is 10.0 Å². The summed E-state index contributed by atoms with van der Waals surface area (Å²) in [6.07, 6.45) is -0.437. The molecule has 0 radical (unpaired) electrons. The number of carbonyl (C=O) groups is 2. The number of carboxylic acids is 1. The second-order valence-corrected chi connectivity index (χ2v) is 9.34. The molecule has 2 rings (SSSR count). The lowest BCUT2D eigenvalue weighted by molar-refractivity contribution is -0.305. The van der Waals surface area contributed by atoms with Crippen molar-refractivity contribution in [1.29, 1.82) is 0 Å². The van der Waals surface area contributed by atoms with E-state index in [1.807, 2.05) is 0 Å². The maximum absolute atomic E-state index is 12.4. The molecular weight excluding hydrogens is 396 g/mol. The van der Waals surface area contributed by atoms with Crippen molar-refractivity contribution in [2.45, 2.75) is 17.1 Å². The molecule has 1 aromatic rings. The maximum Gasteiger partial charge on any atom is 0.252 e. The second kappa shape index (κ2) is 7.07. The summed E-state index contributed by atoms with van der Waals surface area (Å²) >= 11 is 4.38. The van der Waals surface area contributed by atoms with Crippen molar-refractivity contribution in [3.8, 4) is 0 Å². The van der Waals surface area contributed by atoms with Crippen LogP contribution in [0.25, 0.3) is 0 Å². The van der Waals surface area contributed by atoms with E-state index in [-0.39, 0.29) is 49.1 Å². The monoisotopic (exact) mass is 409 g/mol. The third kappa shape index (κ3) is 4.06. The lowest BCUT2D eigenvalue weighted by Crippen LogP contribution is -2.50. The predicted molar refractivity (Wildman–Crippen MR) is 81.6 cm³/mol. The van der Waals surface area contributed by atoms with E-state index in [0.717, 1.165) is 15.1 Å². The Kier molecular flexibility index (Phi) is 5.59. The standard InChI is InChI=1S/C12H15BrN2O5S2/c13-9-1-4-12(21-9)22(19,20)15-7-5-14(6-8-15)10(16)2-3-11(17)18/h1,4H,2-3,5-8H2,(H,17,18)/p-1. The Morgan fingerprint density at radius 2 is 1.82 bits per heavy atom. The molecule has 0 saturated carbocycles. The van der Waals surface area contributed by atoms with Crippen LogP contribution in [0.1, 0.15) is 12.8 Å². The number of piperazine rings is 1. The summed E-state index contributed by atoms with van der Waals surface area (Å²) < 4.78 is 27.2. The Labute approximate surface area is 140 Å². The fourth-order valence-corrected chi connectivity index (χ4v) is 5.69. The van der Waals surface area contributed by atoms with E-state index in [9.17, 15) is 23.1 Å². The van der Waals surface area contributed by atoms with Gasteiger partial charge in [0.2, 0.25) is 5.91 Å². The van der Waals surface area contributed by atoms with Crippen LogP contribution in [0, 0.1) is 0 Å². The number of carboxylic acid groups (broad SMARTS) is 1. The van der Waals surface area contributed by atoms with Crippen LogP contribution in [-0.4, -0.2) is 55.7 Å². The second-order valence-electron chi connectivity index (χ2n) is 4.72. The Morgan fingerprint density at radius 1 is 1.18 bits per heavy atom. The topological polar surface area (TPSA) is 97.8 Å². The first-order chi connectivity index (χ1) is 10.3. The third-order valence-corrected chi connectivity index (χ3v) is 7.27. The molecule has 7 nitrogen and oxygen atoms in total. The molecule has 1 amide bonds. The van der Waals surface area contributed by atoms with Crippen LogP contribution in [-0.2, 0) is 19.6 Å². The number of thiophene rings is 1. The highest BCUT2D eigenvalue weighted by atomic mass is 79.9. The molecule has 1 fully saturated rings. The van der Waals surface area contributed by atoms with Crippen molar-refractivity contribution < 1.29 is 23.1 Å². The molecule has 0 unspecified atom stereocenters. The van der Waals surface area contributed by atoms with Gasteiger partial charge in [-0.15, -0.1) is 11.3 Å². The molecule has 1 aromatic heterocycles. The summed E-state index contributed by atoms with van der Waals surface area (Å²) in [5.41, 5.74) is 0. The summed E-state index contributed by atoms with van der Waals surface area (Å²) in [5, 5.41) is 10.4. The van der Waals surface area contributed by atoms with E-state index < -0.39 is 16.0 Å². The normalized spacial score (nSPS) is 16.7. The number of sulfonamides is 1. The van der Waals surface area contributed by atoms with Crippen LogP contribution in [0.2, 0.25) is 0 Å². The van der Waals surface area contributed by atoms with Crippen molar-refractivity contribution in [1.82, 2.24) is 9.21 Å². The van der Waals surface area contributed by atoms with Gasteiger partial charge in [0, 0.05) is 38.6 Å². The highest BCUT2D eigenvalue weighted by molar-refractivity contribution is 9.11. The highest BCUT2D eigenvalue weighted by Crippen LogP contribution is 2.28. The Morgan fingerprint density at radius 3 is 2.32 bits per heavy atom. The fourth-order valence-electron chi connectivity index (χ4n) is 2.11. The number of amides is 1. The van der Waals surface area contributed by atoms with Gasteiger partial charge in [-0.25, -0.2) is 8.42 Å². The van der Waals surface area contributed by atoms with Gasteiger partial charge in [0.05, 0.1) is 3.79 Å². The van der Waals surface area contributed by atoms with Crippen LogP contribution < -0.4 is 5.11 Å². The van der Waals surface area contributed by atoms with Crippen molar-refractivity contribution >= 4 is 49.2 Å². The summed E-state index contributed by atoms with van der Waals surface area (Å²) in [7, 11) is -3.54. The molecular formula is C12H14BrN2O5S2-. The zero-order chi connectivity index (χ0) is 16.3. The number of aliphatic carboxylic acids is 1. The van der Waals surface area contributed by atoms with Gasteiger partial charge in [-0.3, -0.25) is 4.79 Å². The molecule has 10 heteroatoms. The van der Waals surface area contributed by atoms with E-state index in [1.165, 1.54) is 9.21 Å². The van der Waals surface area contributed by atoms with Gasteiger partial charge in [-0.2, -0.15) is 4.31 Å². The van der Waals surface area contributed by atoms with Crippen LogP contribution in [0.15, 0.2) is 20.1 Å². The van der Waals surface area contributed by atoms with Crippen LogP contribution in [0.4, 0.5) is 0 Å². The molecule has 0 atom stereocenters. The summed E-state index contributed by atoms with van der Waals surface area (Å²) in [6.45, 7) is 0.930. The molecule has 1 saturated heterocycles. The maximum atomic E-state index is 12.4. The number of nitrogens with zero attached hydrogens (tertiary/aromatic N) is 2. The minimum absolute atomic E-state index is 0.118. The smallest absolute Gasteiger partial charge is 0.252 e. The molecule has 0 bridgehead atoms. The average molecular weight is 410 g/mol. The molecule has 1 aliphatic heterocycles. The van der Waals surface area contributed by atoms with Crippen molar-refractivity contribution in [2.75, 3.05) is 26.2 Å². The van der Waals surface area contributed by atoms with E-state index in [2.05, 4.69) is 15.9 Å². The largest absolute Gasteiger partial charge is 0.550 e. The summed E-state index contributed by atoms with van der Waals surface area (Å²) in [4.78, 5) is 23.6. The molecule has 2 heterocycles. The van der Waals surface area contributed by atoms with Gasteiger partial charge in [0.15, 0.2) is 0 Å². The number of hydrogen-bond acceptors (Lipinski definition) is 6.